The summed E-state index contributed by atoms with van der Waals surface area (Å²) < 4.78 is 5.14. The van der Waals surface area contributed by atoms with Crippen molar-refractivity contribution in [3.8, 4) is 11.4 Å². The molecule has 0 fully saturated rings. The van der Waals surface area contributed by atoms with Crippen molar-refractivity contribution in [1.82, 2.24) is 9.97 Å². The first-order chi connectivity index (χ1) is 10.6. The number of rotatable bonds is 6. The Morgan fingerprint density at radius 2 is 1.68 bits per heavy atom. The topological polar surface area (TPSA) is 89.4 Å². The van der Waals surface area contributed by atoms with Gasteiger partial charge in [-0.05, 0) is 30.7 Å². The number of hydrogen-bond donors (Lipinski definition) is 1. The van der Waals surface area contributed by atoms with Crippen LogP contribution < -0.4 is 0 Å². The number of aromatic carboxylic acids is 1. The number of unbranched alkanes of at least 4 members (excludes halogenated alkanes) is 1. The zero-order chi connectivity index (χ0) is 15.9. The number of esters is 1. The normalized spacial score (nSPS) is 10.2. The van der Waals surface area contributed by atoms with E-state index in [2.05, 4.69) is 9.97 Å². The standard InChI is InChI=1S/C16H16N2O4/c1-2-3-8-22-16(21)12-5-7-18-14(10-12)13-9-11(15(19)20)4-6-17-13/h4-7,9-10H,2-3,8H2,1H3,(H,19,20). The summed E-state index contributed by atoms with van der Waals surface area (Å²) in [5.41, 5.74) is 1.29. The minimum Gasteiger partial charge on any atom is -0.478 e. The first-order valence-corrected chi connectivity index (χ1v) is 6.94. The van der Waals surface area contributed by atoms with Crippen LogP contribution in [0.2, 0.25) is 0 Å². The Hall–Kier alpha value is -2.76. The largest absolute Gasteiger partial charge is 0.478 e. The molecule has 6 heteroatoms. The van der Waals surface area contributed by atoms with E-state index in [1.165, 1.54) is 24.5 Å². The Morgan fingerprint density at radius 3 is 2.27 bits per heavy atom. The van der Waals surface area contributed by atoms with Crippen molar-refractivity contribution in [3.05, 3.63) is 47.8 Å². The summed E-state index contributed by atoms with van der Waals surface area (Å²) in [5.74, 6) is -1.47. The Kier molecular flexibility index (Phi) is 5.19. The quantitative estimate of drug-likeness (QED) is 0.651. The molecule has 2 aromatic heterocycles. The second kappa shape index (κ2) is 7.31. The van der Waals surface area contributed by atoms with Crippen molar-refractivity contribution in [2.45, 2.75) is 19.8 Å². The monoisotopic (exact) mass is 300 g/mol. The lowest BCUT2D eigenvalue weighted by molar-refractivity contribution is 0.0499. The molecule has 0 aliphatic heterocycles. The molecule has 0 saturated carbocycles. The highest BCUT2D eigenvalue weighted by atomic mass is 16.5. The molecular formula is C16H16N2O4. The van der Waals surface area contributed by atoms with Gasteiger partial charge in [0.15, 0.2) is 0 Å². The lowest BCUT2D eigenvalue weighted by Crippen LogP contribution is -2.07. The van der Waals surface area contributed by atoms with Gasteiger partial charge in [0.25, 0.3) is 0 Å². The third-order valence-electron chi connectivity index (χ3n) is 3.00. The molecule has 0 saturated heterocycles. The molecule has 0 amide bonds. The van der Waals surface area contributed by atoms with Gasteiger partial charge in [0.05, 0.1) is 29.1 Å². The van der Waals surface area contributed by atoms with Gasteiger partial charge in [-0.15, -0.1) is 0 Å². The fraction of sp³-hybridized carbons (Fsp3) is 0.250. The molecule has 0 bridgehead atoms. The third-order valence-corrected chi connectivity index (χ3v) is 3.00. The molecule has 0 unspecified atom stereocenters. The van der Waals surface area contributed by atoms with Crippen LogP contribution in [0.4, 0.5) is 0 Å². The molecule has 2 rings (SSSR count). The fourth-order valence-electron chi connectivity index (χ4n) is 1.79. The summed E-state index contributed by atoms with van der Waals surface area (Å²) in [6, 6.07) is 5.91. The smallest absolute Gasteiger partial charge is 0.338 e. The SMILES string of the molecule is CCCCOC(=O)c1ccnc(-c2cc(C(=O)O)ccn2)c1. The second-order valence-corrected chi connectivity index (χ2v) is 4.65. The number of carbonyl (C=O) groups excluding carboxylic acids is 1. The van der Waals surface area contributed by atoms with E-state index in [9.17, 15) is 9.59 Å². The number of carboxylic acid groups (broad SMARTS) is 1. The summed E-state index contributed by atoms with van der Waals surface area (Å²) in [6.07, 6.45) is 4.63. The zero-order valence-electron chi connectivity index (χ0n) is 12.2. The fourth-order valence-corrected chi connectivity index (χ4v) is 1.79. The van der Waals surface area contributed by atoms with Crippen LogP contribution in [-0.2, 0) is 4.74 Å². The number of hydrogen-bond acceptors (Lipinski definition) is 5. The highest BCUT2D eigenvalue weighted by Crippen LogP contribution is 2.17. The van der Waals surface area contributed by atoms with Crippen LogP contribution in [0.25, 0.3) is 11.4 Å². The van der Waals surface area contributed by atoms with E-state index in [4.69, 9.17) is 9.84 Å². The molecular weight excluding hydrogens is 284 g/mol. The van der Waals surface area contributed by atoms with Crippen LogP contribution in [0.15, 0.2) is 36.7 Å². The van der Waals surface area contributed by atoms with Crippen molar-refractivity contribution < 1.29 is 19.4 Å². The predicted octanol–water partition coefficient (Wildman–Crippen LogP) is 2.80. The van der Waals surface area contributed by atoms with E-state index in [0.717, 1.165) is 12.8 Å². The Bertz CT molecular complexity index is 685. The van der Waals surface area contributed by atoms with Gasteiger partial charge in [-0.3, -0.25) is 9.97 Å². The zero-order valence-corrected chi connectivity index (χ0v) is 12.2. The van der Waals surface area contributed by atoms with E-state index in [1.807, 2.05) is 6.92 Å². The van der Waals surface area contributed by atoms with Gasteiger partial charge in [-0.1, -0.05) is 13.3 Å². The number of nitrogens with zero attached hydrogens (tertiary/aromatic N) is 2. The highest BCUT2D eigenvalue weighted by Gasteiger charge is 2.11. The van der Waals surface area contributed by atoms with Crippen LogP contribution >= 0.6 is 0 Å². The van der Waals surface area contributed by atoms with E-state index in [1.54, 1.807) is 12.1 Å². The Morgan fingerprint density at radius 1 is 1.09 bits per heavy atom. The Labute approximate surface area is 127 Å². The maximum Gasteiger partial charge on any atom is 0.338 e. The van der Waals surface area contributed by atoms with Crippen molar-refractivity contribution in [2.75, 3.05) is 6.61 Å². The molecule has 2 heterocycles. The summed E-state index contributed by atoms with van der Waals surface area (Å²) in [7, 11) is 0. The van der Waals surface area contributed by atoms with Gasteiger partial charge in [-0.2, -0.15) is 0 Å². The van der Waals surface area contributed by atoms with Gasteiger partial charge in [-0.25, -0.2) is 9.59 Å². The lowest BCUT2D eigenvalue weighted by atomic mass is 10.1. The third kappa shape index (κ3) is 3.88. The van der Waals surface area contributed by atoms with E-state index < -0.39 is 11.9 Å². The molecule has 0 aliphatic rings. The summed E-state index contributed by atoms with van der Waals surface area (Å²) in [4.78, 5) is 31.1. The van der Waals surface area contributed by atoms with Crippen molar-refractivity contribution >= 4 is 11.9 Å². The summed E-state index contributed by atoms with van der Waals surface area (Å²) in [6.45, 7) is 2.39. The van der Waals surface area contributed by atoms with E-state index >= 15 is 0 Å². The highest BCUT2D eigenvalue weighted by molar-refractivity contribution is 5.91. The molecule has 2 aromatic rings. The van der Waals surface area contributed by atoms with Crippen molar-refractivity contribution in [1.29, 1.82) is 0 Å². The maximum atomic E-state index is 11.9. The summed E-state index contributed by atoms with van der Waals surface area (Å²) >= 11 is 0. The molecule has 22 heavy (non-hydrogen) atoms. The van der Waals surface area contributed by atoms with Crippen LogP contribution in [0.5, 0.6) is 0 Å². The minimum atomic E-state index is -1.04. The van der Waals surface area contributed by atoms with Crippen molar-refractivity contribution in [3.63, 3.8) is 0 Å². The lowest BCUT2D eigenvalue weighted by Gasteiger charge is -2.06. The molecule has 114 valence electrons. The van der Waals surface area contributed by atoms with E-state index in [0.29, 0.717) is 23.6 Å². The van der Waals surface area contributed by atoms with Crippen molar-refractivity contribution in [2.24, 2.45) is 0 Å². The van der Waals surface area contributed by atoms with E-state index in [-0.39, 0.29) is 5.56 Å². The van der Waals surface area contributed by atoms with Crippen LogP contribution in [0.1, 0.15) is 40.5 Å². The van der Waals surface area contributed by atoms with Gasteiger partial charge in [0.1, 0.15) is 0 Å². The average Bonchev–Trinajstić information content (AvgIpc) is 2.55. The number of ether oxygens (including phenoxy) is 1. The molecule has 6 nitrogen and oxygen atoms in total. The van der Waals surface area contributed by atoms with Crippen LogP contribution in [-0.4, -0.2) is 33.6 Å². The molecule has 0 radical (unpaired) electrons. The van der Waals surface area contributed by atoms with Gasteiger partial charge in [0.2, 0.25) is 0 Å². The minimum absolute atomic E-state index is 0.114. The number of aromatic nitrogens is 2. The Balaban J connectivity index is 2.23. The van der Waals surface area contributed by atoms with Gasteiger partial charge in [0, 0.05) is 12.4 Å². The molecule has 0 aromatic carbocycles. The van der Waals surface area contributed by atoms with Crippen LogP contribution in [0, 0.1) is 0 Å². The van der Waals surface area contributed by atoms with Gasteiger partial charge >= 0.3 is 11.9 Å². The number of carboxylic acids is 1. The number of carbonyl (C=O) groups is 2. The maximum absolute atomic E-state index is 11.9. The summed E-state index contributed by atoms with van der Waals surface area (Å²) in [5, 5.41) is 9.00. The first kappa shape index (κ1) is 15.6. The molecule has 0 atom stereocenters. The molecule has 1 N–H and O–H groups in total. The second-order valence-electron chi connectivity index (χ2n) is 4.65. The first-order valence-electron chi connectivity index (χ1n) is 6.94. The number of pyridine rings is 2. The average molecular weight is 300 g/mol. The predicted molar refractivity (Wildman–Crippen MR) is 79.6 cm³/mol. The van der Waals surface area contributed by atoms with Crippen LogP contribution in [0.3, 0.4) is 0 Å². The molecule has 0 aliphatic carbocycles. The van der Waals surface area contributed by atoms with Gasteiger partial charge < -0.3 is 9.84 Å². The molecule has 0 spiro atoms.